The molecule has 2 fully saturated rings. The smallest absolute Gasteiger partial charge is 0.289 e. The van der Waals surface area contributed by atoms with Gasteiger partial charge in [-0.25, -0.2) is 4.63 Å². The molecule has 2 aromatic heterocycles. The topological polar surface area (TPSA) is 102 Å². The van der Waals surface area contributed by atoms with Crippen LogP contribution in [0.15, 0.2) is 45.4 Å². The maximum Gasteiger partial charge on any atom is 0.289 e. The molecule has 1 aromatic carbocycles. The summed E-state index contributed by atoms with van der Waals surface area (Å²) in [6.45, 7) is 3.45. The van der Waals surface area contributed by atoms with Crippen molar-refractivity contribution in [2.45, 2.75) is 32.7 Å². The van der Waals surface area contributed by atoms with Crippen LogP contribution in [0.4, 0.5) is 0 Å². The number of benzene rings is 1. The van der Waals surface area contributed by atoms with Crippen LogP contribution in [-0.2, 0) is 11.3 Å². The van der Waals surface area contributed by atoms with Crippen LogP contribution in [0.25, 0.3) is 11.3 Å². The summed E-state index contributed by atoms with van der Waals surface area (Å²) < 4.78 is 15.8. The summed E-state index contributed by atoms with van der Waals surface area (Å²) in [5, 5.41) is 7.64. The number of aromatic nitrogens is 2. The van der Waals surface area contributed by atoms with Gasteiger partial charge in [0.05, 0.1) is 13.7 Å². The number of methoxy groups -OCH3 is 1. The molecule has 3 aromatic rings. The van der Waals surface area contributed by atoms with Gasteiger partial charge in [-0.3, -0.25) is 9.59 Å². The number of hydrogen-bond donors (Lipinski definition) is 0. The molecule has 2 aliphatic rings. The van der Waals surface area contributed by atoms with Crippen molar-refractivity contribution < 1.29 is 23.4 Å². The molecule has 178 valence electrons. The first-order valence-electron chi connectivity index (χ1n) is 11.5. The number of carbonyl (C=O) groups excluding carboxylic acids is 2. The molecule has 0 unspecified atom stereocenters. The van der Waals surface area contributed by atoms with Crippen LogP contribution < -0.4 is 4.74 Å². The molecular formula is C25H28N4O5. The first kappa shape index (κ1) is 22.2. The Balaban J connectivity index is 1.16. The summed E-state index contributed by atoms with van der Waals surface area (Å²) in [7, 11) is 3.41. The first-order chi connectivity index (χ1) is 16.4. The van der Waals surface area contributed by atoms with Crippen LogP contribution in [0.2, 0.25) is 0 Å². The molecule has 9 heteroatoms. The van der Waals surface area contributed by atoms with E-state index < -0.39 is 0 Å². The summed E-state index contributed by atoms with van der Waals surface area (Å²) in [5.41, 5.74) is 2.26. The van der Waals surface area contributed by atoms with Crippen LogP contribution in [0.5, 0.6) is 5.75 Å². The first-order valence-corrected chi connectivity index (χ1v) is 11.5. The van der Waals surface area contributed by atoms with Gasteiger partial charge in [-0.2, -0.15) is 0 Å². The standard InChI is InChI=1S/C25H28N4O5/c1-16-20(27-34-26-16)15-28(2)23(30)19-14-25(19)10-12-29(13-11-25)24(31)22-9-8-21(33-22)17-4-6-18(32-3)7-5-17/h4-9,19H,10-15H2,1-3H3/t19-/m1/s1. The molecule has 5 rings (SSSR count). The van der Waals surface area contributed by atoms with Crippen molar-refractivity contribution in [1.29, 1.82) is 0 Å². The molecule has 1 aliphatic carbocycles. The molecule has 1 atom stereocenters. The van der Waals surface area contributed by atoms with E-state index in [1.165, 1.54) is 0 Å². The van der Waals surface area contributed by atoms with Crippen LogP contribution in [0.3, 0.4) is 0 Å². The normalized spacial score (nSPS) is 18.7. The summed E-state index contributed by atoms with van der Waals surface area (Å²) in [6.07, 6.45) is 2.51. The van der Waals surface area contributed by atoms with Crippen LogP contribution in [0, 0.1) is 18.3 Å². The van der Waals surface area contributed by atoms with Gasteiger partial charge in [0.15, 0.2) is 5.76 Å². The van der Waals surface area contributed by atoms with Gasteiger partial charge in [-0.05, 0) is 68.0 Å². The SMILES string of the molecule is COc1ccc(-c2ccc(C(=O)N3CCC4(CC3)C[C@@H]4C(=O)N(C)Cc3nonc3C)o2)cc1. The Kier molecular flexibility index (Phi) is 5.63. The van der Waals surface area contributed by atoms with Crippen molar-refractivity contribution in [3.05, 3.63) is 53.5 Å². The van der Waals surface area contributed by atoms with E-state index in [0.717, 1.165) is 30.6 Å². The second-order valence-corrected chi connectivity index (χ2v) is 9.29. The number of piperidine rings is 1. The minimum Gasteiger partial charge on any atom is -0.497 e. The summed E-state index contributed by atoms with van der Waals surface area (Å²) >= 11 is 0. The molecule has 1 saturated carbocycles. The van der Waals surface area contributed by atoms with Crippen molar-refractivity contribution in [2.24, 2.45) is 11.3 Å². The summed E-state index contributed by atoms with van der Waals surface area (Å²) in [4.78, 5) is 29.5. The number of hydrogen-bond acceptors (Lipinski definition) is 7. The van der Waals surface area contributed by atoms with Gasteiger partial charge >= 0.3 is 0 Å². The third-order valence-corrected chi connectivity index (χ3v) is 7.24. The fourth-order valence-corrected chi connectivity index (χ4v) is 4.89. The van der Waals surface area contributed by atoms with Gasteiger partial charge < -0.3 is 19.0 Å². The lowest BCUT2D eigenvalue weighted by molar-refractivity contribution is -0.133. The molecule has 34 heavy (non-hydrogen) atoms. The Bertz CT molecular complexity index is 1190. The molecular weight excluding hydrogens is 436 g/mol. The van der Waals surface area contributed by atoms with Gasteiger partial charge in [-0.1, -0.05) is 10.3 Å². The zero-order valence-electron chi connectivity index (χ0n) is 19.6. The lowest BCUT2D eigenvalue weighted by Gasteiger charge is -2.32. The molecule has 1 aliphatic heterocycles. The Morgan fingerprint density at radius 3 is 2.53 bits per heavy atom. The van der Waals surface area contributed by atoms with Crippen LogP contribution >= 0.6 is 0 Å². The van der Waals surface area contributed by atoms with E-state index in [9.17, 15) is 9.59 Å². The Morgan fingerprint density at radius 1 is 1.15 bits per heavy atom. The van der Waals surface area contributed by atoms with Gasteiger partial charge in [0.2, 0.25) is 5.91 Å². The zero-order valence-corrected chi connectivity index (χ0v) is 19.6. The van der Waals surface area contributed by atoms with E-state index in [0.29, 0.717) is 42.5 Å². The Labute approximate surface area is 197 Å². The predicted molar refractivity (Wildman–Crippen MR) is 122 cm³/mol. The molecule has 2 amide bonds. The largest absolute Gasteiger partial charge is 0.497 e. The van der Waals surface area contributed by atoms with Crippen molar-refractivity contribution in [3.8, 4) is 17.1 Å². The highest BCUT2D eigenvalue weighted by Gasteiger charge is 2.59. The van der Waals surface area contributed by atoms with Gasteiger partial charge in [-0.15, -0.1) is 0 Å². The number of likely N-dealkylation sites (tertiary alicyclic amines) is 1. The van der Waals surface area contributed by atoms with E-state index >= 15 is 0 Å². The zero-order chi connectivity index (χ0) is 23.9. The Hall–Kier alpha value is -3.62. The molecule has 3 heterocycles. The average Bonchev–Trinajstić information content (AvgIpc) is 3.16. The van der Waals surface area contributed by atoms with Crippen LogP contribution in [-0.4, -0.2) is 59.2 Å². The van der Waals surface area contributed by atoms with E-state index in [-0.39, 0.29) is 23.1 Å². The minimum atomic E-state index is -0.107. The number of rotatable bonds is 6. The summed E-state index contributed by atoms with van der Waals surface area (Å²) in [6, 6.07) is 11.1. The minimum absolute atomic E-state index is 0.000191. The third-order valence-electron chi connectivity index (χ3n) is 7.24. The lowest BCUT2D eigenvalue weighted by Crippen LogP contribution is -2.40. The van der Waals surface area contributed by atoms with Gasteiger partial charge in [0.1, 0.15) is 22.9 Å². The van der Waals surface area contributed by atoms with Crippen molar-refractivity contribution >= 4 is 11.8 Å². The average molecular weight is 465 g/mol. The van der Waals surface area contributed by atoms with Gasteiger partial charge in [0, 0.05) is 31.6 Å². The second kappa shape index (κ2) is 8.62. The quantitative estimate of drug-likeness (QED) is 0.550. The lowest BCUT2D eigenvalue weighted by atomic mass is 9.90. The number of carbonyl (C=O) groups is 2. The van der Waals surface area contributed by atoms with E-state index in [2.05, 4.69) is 10.3 Å². The number of furan rings is 1. The Morgan fingerprint density at radius 2 is 1.88 bits per heavy atom. The van der Waals surface area contributed by atoms with E-state index in [1.807, 2.05) is 42.2 Å². The van der Waals surface area contributed by atoms with E-state index in [4.69, 9.17) is 13.8 Å². The molecule has 1 spiro atoms. The highest BCUT2D eigenvalue weighted by molar-refractivity contribution is 5.92. The van der Waals surface area contributed by atoms with Crippen molar-refractivity contribution in [1.82, 2.24) is 20.1 Å². The van der Waals surface area contributed by atoms with Crippen molar-refractivity contribution in [3.63, 3.8) is 0 Å². The number of ether oxygens (including phenoxy) is 1. The predicted octanol–water partition coefficient (Wildman–Crippen LogP) is 3.55. The van der Waals surface area contributed by atoms with E-state index in [1.54, 1.807) is 25.1 Å². The highest BCUT2D eigenvalue weighted by atomic mass is 16.6. The fourth-order valence-electron chi connectivity index (χ4n) is 4.89. The monoisotopic (exact) mass is 464 g/mol. The second-order valence-electron chi connectivity index (χ2n) is 9.29. The molecule has 0 radical (unpaired) electrons. The fraction of sp³-hybridized carbons (Fsp3) is 0.440. The maximum absolute atomic E-state index is 13.0. The number of aryl methyl sites for hydroxylation is 1. The summed E-state index contributed by atoms with van der Waals surface area (Å²) in [5.74, 6) is 1.76. The third kappa shape index (κ3) is 4.06. The van der Waals surface area contributed by atoms with Crippen LogP contribution in [0.1, 0.15) is 41.2 Å². The van der Waals surface area contributed by atoms with Gasteiger partial charge in [0.25, 0.3) is 5.91 Å². The number of nitrogens with zero attached hydrogens (tertiary/aromatic N) is 4. The molecule has 0 bridgehead atoms. The highest BCUT2D eigenvalue weighted by Crippen LogP contribution is 2.60. The number of amides is 2. The molecule has 0 N–H and O–H groups in total. The maximum atomic E-state index is 13.0. The molecule has 9 nitrogen and oxygen atoms in total. The van der Waals surface area contributed by atoms with Crippen molar-refractivity contribution in [2.75, 3.05) is 27.2 Å². The molecule has 1 saturated heterocycles.